The lowest BCUT2D eigenvalue weighted by molar-refractivity contribution is -0.117. The fourth-order valence-corrected chi connectivity index (χ4v) is 5.91. The molecule has 1 aliphatic heterocycles. The largest absolute Gasteiger partial charge is 0.373 e. The Morgan fingerprint density at radius 2 is 2.22 bits per heavy atom. The SMILES string of the molecule is CC(Cc1cccs1)NC(=O)C1=CC2CC(c3nc4cc(-c5ccnc(N)n5)ccc4[nH]3)COC2C=C1. The second kappa shape index (κ2) is 9.91. The second-order valence-electron chi connectivity index (χ2n) is 9.69. The normalized spacial score (nSPS) is 21.9. The van der Waals surface area contributed by atoms with E-state index in [-0.39, 0.29) is 35.8 Å². The summed E-state index contributed by atoms with van der Waals surface area (Å²) in [7, 11) is 0. The molecule has 188 valence electrons. The molecule has 9 heteroatoms. The number of nitrogens with zero attached hydrogens (tertiary/aromatic N) is 3. The first-order chi connectivity index (χ1) is 18.0. The van der Waals surface area contributed by atoms with Crippen molar-refractivity contribution >= 4 is 34.2 Å². The standard InChI is InChI=1S/C28H28N6O2S/c1-16(11-21-3-2-10-37-21)31-27(35)18-5-7-25-19(12-18)13-20(15-36-25)26-32-23-6-4-17(14-24(23)33-26)22-8-9-30-28(29)34-22/h2-10,12,14,16,19-20,25H,11,13,15H2,1H3,(H,31,35)(H,32,33)(H2,29,30,34). The number of ether oxygens (including phenoxy) is 1. The number of H-pyrrole nitrogens is 1. The van der Waals surface area contributed by atoms with Crippen LogP contribution in [-0.4, -0.2) is 44.6 Å². The number of hydrogen-bond donors (Lipinski definition) is 3. The molecule has 4 aromatic rings. The Labute approximate surface area is 218 Å². The maximum absolute atomic E-state index is 12.9. The molecule has 1 fully saturated rings. The monoisotopic (exact) mass is 512 g/mol. The Kier molecular flexibility index (Phi) is 6.31. The number of nitrogens with one attached hydrogen (secondary N) is 2. The van der Waals surface area contributed by atoms with Gasteiger partial charge in [0.2, 0.25) is 5.95 Å². The van der Waals surface area contributed by atoms with Crippen LogP contribution in [0.1, 0.15) is 30.0 Å². The predicted octanol–water partition coefficient (Wildman–Crippen LogP) is 4.40. The molecule has 1 aromatic carbocycles. The number of aromatic amines is 1. The maximum atomic E-state index is 12.9. The van der Waals surface area contributed by atoms with E-state index in [4.69, 9.17) is 15.5 Å². The highest BCUT2D eigenvalue weighted by molar-refractivity contribution is 7.09. The molecule has 3 aromatic heterocycles. The number of amides is 1. The van der Waals surface area contributed by atoms with Crippen LogP contribution in [0, 0.1) is 5.92 Å². The Morgan fingerprint density at radius 1 is 1.30 bits per heavy atom. The van der Waals surface area contributed by atoms with Gasteiger partial charge in [-0.05, 0) is 43.0 Å². The van der Waals surface area contributed by atoms with Gasteiger partial charge in [0.15, 0.2) is 0 Å². The molecule has 4 unspecified atom stereocenters. The molecule has 1 aliphatic carbocycles. The average Bonchev–Trinajstić information content (AvgIpc) is 3.57. The highest BCUT2D eigenvalue weighted by atomic mass is 32.1. The molecular formula is C28H28N6O2S. The van der Waals surface area contributed by atoms with Gasteiger partial charge in [-0.25, -0.2) is 15.0 Å². The number of fused-ring (bicyclic) bond motifs is 2. The van der Waals surface area contributed by atoms with Crippen molar-refractivity contribution < 1.29 is 9.53 Å². The molecule has 0 bridgehead atoms. The van der Waals surface area contributed by atoms with E-state index in [1.807, 2.05) is 49.4 Å². The molecule has 8 nitrogen and oxygen atoms in total. The fraction of sp³-hybridized carbons (Fsp3) is 0.286. The zero-order chi connectivity index (χ0) is 25.4. The number of thiophene rings is 1. The molecule has 4 atom stereocenters. The van der Waals surface area contributed by atoms with Crippen molar-refractivity contribution in [1.82, 2.24) is 25.3 Å². The quantitative estimate of drug-likeness (QED) is 0.352. The van der Waals surface area contributed by atoms with Crippen LogP contribution in [0.4, 0.5) is 5.95 Å². The summed E-state index contributed by atoms with van der Waals surface area (Å²) in [6.07, 6.45) is 9.27. The van der Waals surface area contributed by atoms with Crippen molar-refractivity contribution in [1.29, 1.82) is 0 Å². The number of anilines is 1. The Bertz CT molecular complexity index is 1490. The van der Waals surface area contributed by atoms with Gasteiger partial charge in [0, 0.05) is 46.5 Å². The van der Waals surface area contributed by atoms with Gasteiger partial charge < -0.3 is 20.8 Å². The van der Waals surface area contributed by atoms with Gasteiger partial charge in [-0.3, -0.25) is 4.79 Å². The number of nitrogen functional groups attached to an aromatic ring is 1. The molecule has 0 saturated carbocycles. The van der Waals surface area contributed by atoms with E-state index in [0.29, 0.717) is 12.2 Å². The van der Waals surface area contributed by atoms with Crippen molar-refractivity contribution in [2.45, 2.75) is 37.8 Å². The van der Waals surface area contributed by atoms with Crippen molar-refractivity contribution in [3.8, 4) is 11.3 Å². The third kappa shape index (κ3) is 5.05. The molecule has 0 spiro atoms. The van der Waals surface area contributed by atoms with Gasteiger partial charge in [0.1, 0.15) is 5.82 Å². The van der Waals surface area contributed by atoms with Crippen LogP contribution in [0.3, 0.4) is 0 Å². The van der Waals surface area contributed by atoms with Crippen molar-refractivity contribution in [2.24, 2.45) is 5.92 Å². The van der Waals surface area contributed by atoms with Crippen LogP contribution < -0.4 is 11.1 Å². The zero-order valence-electron chi connectivity index (χ0n) is 20.4. The summed E-state index contributed by atoms with van der Waals surface area (Å²) in [6.45, 7) is 2.62. The minimum Gasteiger partial charge on any atom is -0.373 e. The summed E-state index contributed by atoms with van der Waals surface area (Å²) in [6, 6.07) is 12.0. The molecule has 1 amide bonds. The van der Waals surface area contributed by atoms with E-state index in [1.165, 1.54) is 4.88 Å². The summed E-state index contributed by atoms with van der Waals surface area (Å²) < 4.78 is 6.18. The smallest absolute Gasteiger partial charge is 0.251 e. The first-order valence-corrected chi connectivity index (χ1v) is 13.3. The van der Waals surface area contributed by atoms with Crippen LogP contribution in [-0.2, 0) is 16.0 Å². The Balaban J connectivity index is 1.15. The van der Waals surface area contributed by atoms with Crippen LogP contribution in [0.25, 0.3) is 22.3 Å². The van der Waals surface area contributed by atoms with E-state index in [2.05, 4.69) is 37.8 Å². The van der Waals surface area contributed by atoms with E-state index in [0.717, 1.165) is 41.0 Å². The highest BCUT2D eigenvalue weighted by Gasteiger charge is 2.33. The molecular weight excluding hydrogens is 484 g/mol. The topological polar surface area (TPSA) is 119 Å². The number of carbonyl (C=O) groups is 1. The van der Waals surface area contributed by atoms with E-state index >= 15 is 0 Å². The van der Waals surface area contributed by atoms with Crippen LogP contribution >= 0.6 is 11.3 Å². The van der Waals surface area contributed by atoms with Gasteiger partial charge in [-0.1, -0.05) is 30.4 Å². The van der Waals surface area contributed by atoms with Crippen LogP contribution in [0.15, 0.2) is 71.8 Å². The van der Waals surface area contributed by atoms with E-state index in [9.17, 15) is 4.79 Å². The molecule has 0 radical (unpaired) electrons. The first kappa shape index (κ1) is 23.6. The Morgan fingerprint density at radius 3 is 3.05 bits per heavy atom. The van der Waals surface area contributed by atoms with Crippen LogP contribution in [0.2, 0.25) is 0 Å². The van der Waals surface area contributed by atoms with Gasteiger partial charge in [0.05, 0.1) is 29.4 Å². The summed E-state index contributed by atoms with van der Waals surface area (Å²) in [5.41, 5.74) is 9.97. The fourth-order valence-electron chi connectivity index (χ4n) is 5.07. The summed E-state index contributed by atoms with van der Waals surface area (Å²) in [4.78, 5) is 30.8. The molecule has 2 aliphatic rings. The number of benzene rings is 1. The minimum absolute atomic E-state index is 0.0180. The molecule has 37 heavy (non-hydrogen) atoms. The van der Waals surface area contributed by atoms with E-state index < -0.39 is 0 Å². The van der Waals surface area contributed by atoms with Crippen molar-refractivity contribution in [2.75, 3.05) is 12.3 Å². The molecule has 6 rings (SSSR count). The summed E-state index contributed by atoms with van der Waals surface area (Å²) >= 11 is 1.71. The third-order valence-electron chi connectivity index (χ3n) is 6.91. The zero-order valence-corrected chi connectivity index (χ0v) is 21.2. The van der Waals surface area contributed by atoms with Gasteiger partial charge in [-0.15, -0.1) is 11.3 Å². The number of hydrogen-bond acceptors (Lipinski definition) is 7. The lowest BCUT2D eigenvalue weighted by atomic mass is 9.83. The second-order valence-corrected chi connectivity index (χ2v) is 10.7. The number of imidazole rings is 1. The highest BCUT2D eigenvalue weighted by Crippen LogP contribution is 2.36. The van der Waals surface area contributed by atoms with Gasteiger partial charge >= 0.3 is 0 Å². The third-order valence-corrected chi connectivity index (χ3v) is 7.81. The Hall–Kier alpha value is -3.82. The summed E-state index contributed by atoms with van der Waals surface area (Å²) in [5.74, 6) is 1.32. The van der Waals surface area contributed by atoms with Crippen molar-refractivity contribution in [3.63, 3.8) is 0 Å². The van der Waals surface area contributed by atoms with E-state index in [1.54, 1.807) is 17.5 Å². The molecule has 4 heterocycles. The molecule has 4 N–H and O–H groups in total. The minimum atomic E-state index is -0.0393. The lowest BCUT2D eigenvalue weighted by Crippen LogP contribution is -2.37. The average molecular weight is 513 g/mol. The maximum Gasteiger partial charge on any atom is 0.251 e. The van der Waals surface area contributed by atoms with Gasteiger partial charge in [0.25, 0.3) is 5.91 Å². The number of aromatic nitrogens is 4. The lowest BCUT2D eigenvalue weighted by Gasteiger charge is -2.34. The van der Waals surface area contributed by atoms with Gasteiger partial charge in [-0.2, -0.15) is 0 Å². The number of nitrogens with two attached hydrogens (primary N) is 1. The van der Waals surface area contributed by atoms with Crippen molar-refractivity contribution in [3.05, 3.63) is 82.5 Å². The first-order valence-electron chi connectivity index (χ1n) is 12.5. The predicted molar refractivity (Wildman–Crippen MR) is 145 cm³/mol. The van der Waals surface area contributed by atoms with Crippen LogP contribution in [0.5, 0.6) is 0 Å². The summed E-state index contributed by atoms with van der Waals surface area (Å²) in [5, 5.41) is 5.20. The molecule has 1 saturated heterocycles. The number of carbonyl (C=O) groups excluding carboxylic acids is 1. The number of rotatable bonds is 6.